The molecule has 1 aromatic rings. The van der Waals surface area contributed by atoms with Crippen molar-refractivity contribution in [1.29, 1.82) is 0 Å². The normalized spacial score (nSPS) is 13.4. The Balaban J connectivity index is 3.07. The molecule has 0 heterocycles. The first kappa shape index (κ1) is 16.9. The predicted octanol–water partition coefficient (Wildman–Crippen LogP) is 1.77. The molecule has 0 fully saturated rings. The van der Waals surface area contributed by atoms with Gasteiger partial charge in [-0.3, -0.25) is 0 Å². The summed E-state index contributed by atoms with van der Waals surface area (Å²) in [5, 5.41) is 3.31. The molecule has 0 saturated heterocycles. The third kappa shape index (κ3) is 4.47. The van der Waals surface area contributed by atoms with E-state index in [-0.39, 0.29) is 10.9 Å². The molecule has 0 aromatic heterocycles. The lowest BCUT2D eigenvalue weighted by atomic mass is 10.0. The number of nitrogens with two attached hydrogens (primary N) is 1. The number of hydrogen-bond acceptors (Lipinski definition) is 4. The van der Waals surface area contributed by atoms with Gasteiger partial charge in [-0.05, 0) is 31.0 Å². The third-order valence-corrected chi connectivity index (χ3v) is 4.74. The Hall–Kier alpha value is -1.11. The highest BCUT2D eigenvalue weighted by molar-refractivity contribution is 7.89. The van der Waals surface area contributed by atoms with Crippen molar-refractivity contribution in [3.8, 4) is 0 Å². The molecule has 5 nitrogen and oxygen atoms in total. The summed E-state index contributed by atoms with van der Waals surface area (Å²) in [6.45, 7) is 6.88. The van der Waals surface area contributed by atoms with Gasteiger partial charge in [-0.15, -0.1) is 0 Å². The van der Waals surface area contributed by atoms with Crippen LogP contribution in [0.5, 0.6) is 0 Å². The van der Waals surface area contributed by atoms with Crippen LogP contribution < -0.4 is 15.8 Å². The molecular weight excluding hydrogens is 274 g/mol. The Kier molecular flexibility index (Phi) is 6.45. The number of benzene rings is 1. The topological polar surface area (TPSA) is 84.2 Å². The van der Waals surface area contributed by atoms with Gasteiger partial charge in [0, 0.05) is 12.6 Å². The van der Waals surface area contributed by atoms with Crippen molar-refractivity contribution >= 4 is 15.7 Å². The van der Waals surface area contributed by atoms with Crippen LogP contribution >= 0.6 is 0 Å². The van der Waals surface area contributed by atoms with E-state index >= 15 is 0 Å². The zero-order valence-electron chi connectivity index (χ0n) is 12.4. The second kappa shape index (κ2) is 7.61. The summed E-state index contributed by atoms with van der Waals surface area (Å²) in [7, 11) is -3.47. The molecule has 114 valence electrons. The molecule has 6 heteroatoms. The molecule has 20 heavy (non-hydrogen) atoms. The summed E-state index contributed by atoms with van der Waals surface area (Å²) in [6, 6.07) is 7.10. The van der Waals surface area contributed by atoms with Gasteiger partial charge in [0.1, 0.15) is 4.90 Å². The fraction of sp³-hybridized carbons (Fsp3) is 0.571. The SMILES string of the molecule is CCNS(=O)(=O)c1ccccc1NC(CCN)C(C)C. The minimum absolute atomic E-state index is 0.151. The highest BCUT2D eigenvalue weighted by Gasteiger charge is 2.20. The second-order valence-electron chi connectivity index (χ2n) is 5.07. The van der Waals surface area contributed by atoms with Crippen molar-refractivity contribution in [2.24, 2.45) is 11.7 Å². The maximum atomic E-state index is 12.2. The molecule has 1 atom stereocenters. The van der Waals surface area contributed by atoms with Gasteiger partial charge in [-0.2, -0.15) is 0 Å². The van der Waals surface area contributed by atoms with E-state index in [4.69, 9.17) is 5.73 Å². The molecule has 4 N–H and O–H groups in total. The van der Waals surface area contributed by atoms with E-state index in [0.29, 0.717) is 24.7 Å². The molecule has 1 aromatic carbocycles. The highest BCUT2D eigenvalue weighted by atomic mass is 32.2. The molecule has 0 amide bonds. The van der Waals surface area contributed by atoms with E-state index in [1.807, 2.05) is 6.07 Å². The zero-order valence-corrected chi connectivity index (χ0v) is 13.2. The van der Waals surface area contributed by atoms with Crippen LogP contribution in [-0.4, -0.2) is 27.5 Å². The Morgan fingerprint density at radius 1 is 1.25 bits per heavy atom. The molecule has 0 spiro atoms. The second-order valence-corrected chi connectivity index (χ2v) is 6.81. The first-order chi connectivity index (χ1) is 9.42. The maximum Gasteiger partial charge on any atom is 0.242 e. The molecule has 0 aliphatic carbocycles. The summed E-state index contributed by atoms with van der Waals surface area (Å²) >= 11 is 0. The average Bonchev–Trinajstić information content (AvgIpc) is 2.38. The van der Waals surface area contributed by atoms with Crippen molar-refractivity contribution in [2.75, 3.05) is 18.4 Å². The average molecular weight is 299 g/mol. The summed E-state index contributed by atoms with van der Waals surface area (Å²) in [5.41, 5.74) is 6.25. The number of nitrogens with one attached hydrogen (secondary N) is 2. The minimum Gasteiger partial charge on any atom is -0.381 e. The van der Waals surface area contributed by atoms with Crippen molar-refractivity contribution in [2.45, 2.75) is 38.1 Å². The van der Waals surface area contributed by atoms with E-state index in [0.717, 1.165) is 6.42 Å². The lowest BCUT2D eigenvalue weighted by molar-refractivity contribution is 0.497. The lowest BCUT2D eigenvalue weighted by Gasteiger charge is -2.24. The Morgan fingerprint density at radius 2 is 1.90 bits per heavy atom. The summed E-state index contributed by atoms with van der Waals surface area (Å²) < 4.78 is 26.9. The fourth-order valence-electron chi connectivity index (χ4n) is 2.04. The maximum absolute atomic E-state index is 12.2. The Morgan fingerprint density at radius 3 is 2.45 bits per heavy atom. The fourth-order valence-corrected chi connectivity index (χ4v) is 3.25. The Labute approximate surface area is 122 Å². The summed E-state index contributed by atoms with van der Waals surface area (Å²) in [5.74, 6) is 0.369. The van der Waals surface area contributed by atoms with Crippen LogP contribution in [0.3, 0.4) is 0 Å². The molecule has 1 unspecified atom stereocenters. The molecule has 0 aliphatic heterocycles. The van der Waals surface area contributed by atoms with Crippen LogP contribution in [-0.2, 0) is 10.0 Å². The highest BCUT2D eigenvalue weighted by Crippen LogP contribution is 2.23. The number of sulfonamides is 1. The van der Waals surface area contributed by atoms with Crippen LogP contribution in [0.25, 0.3) is 0 Å². The van der Waals surface area contributed by atoms with Gasteiger partial charge in [-0.25, -0.2) is 13.1 Å². The summed E-state index contributed by atoms with van der Waals surface area (Å²) in [4.78, 5) is 0.282. The zero-order chi connectivity index (χ0) is 15.2. The molecule has 0 bridgehead atoms. The van der Waals surface area contributed by atoms with Gasteiger partial charge in [0.2, 0.25) is 10.0 Å². The van der Waals surface area contributed by atoms with Crippen molar-refractivity contribution in [3.05, 3.63) is 24.3 Å². The molecule has 0 saturated carbocycles. The molecule has 0 radical (unpaired) electrons. The molecule has 1 rings (SSSR count). The Bertz CT molecular complexity index is 515. The van der Waals surface area contributed by atoms with Crippen LogP contribution in [0.15, 0.2) is 29.2 Å². The molecule has 0 aliphatic rings. The van der Waals surface area contributed by atoms with E-state index in [1.165, 1.54) is 0 Å². The number of anilines is 1. The number of rotatable bonds is 8. The van der Waals surface area contributed by atoms with Crippen LogP contribution in [0.2, 0.25) is 0 Å². The van der Waals surface area contributed by atoms with Gasteiger partial charge in [-0.1, -0.05) is 32.9 Å². The largest absolute Gasteiger partial charge is 0.381 e. The quantitative estimate of drug-likeness (QED) is 0.683. The van der Waals surface area contributed by atoms with E-state index in [9.17, 15) is 8.42 Å². The standard InChI is InChI=1S/C14H25N3O2S/c1-4-16-20(18,19)14-8-6-5-7-13(14)17-12(9-10-15)11(2)3/h5-8,11-12,16-17H,4,9-10,15H2,1-3H3. The van der Waals surface area contributed by atoms with Crippen molar-refractivity contribution < 1.29 is 8.42 Å². The van der Waals surface area contributed by atoms with Crippen LogP contribution in [0.1, 0.15) is 27.2 Å². The third-order valence-electron chi connectivity index (χ3n) is 3.13. The van der Waals surface area contributed by atoms with E-state index < -0.39 is 10.0 Å². The number of hydrogen-bond donors (Lipinski definition) is 3. The lowest BCUT2D eigenvalue weighted by Crippen LogP contribution is -2.30. The first-order valence-corrected chi connectivity index (χ1v) is 8.46. The van der Waals surface area contributed by atoms with E-state index in [2.05, 4.69) is 23.9 Å². The van der Waals surface area contributed by atoms with Crippen molar-refractivity contribution in [3.63, 3.8) is 0 Å². The van der Waals surface area contributed by atoms with Crippen LogP contribution in [0.4, 0.5) is 5.69 Å². The van der Waals surface area contributed by atoms with Gasteiger partial charge < -0.3 is 11.1 Å². The number of para-hydroxylation sites is 1. The van der Waals surface area contributed by atoms with Crippen molar-refractivity contribution in [1.82, 2.24) is 4.72 Å². The van der Waals surface area contributed by atoms with Gasteiger partial charge >= 0.3 is 0 Å². The molecular formula is C14H25N3O2S. The van der Waals surface area contributed by atoms with Gasteiger partial charge in [0.25, 0.3) is 0 Å². The van der Waals surface area contributed by atoms with Gasteiger partial charge in [0.15, 0.2) is 0 Å². The van der Waals surface area contributed by atoms with Gasteiger partial charge in [0.05, 0.1) is 5.69 Å². The smallest absolute Gasteiger partial charge is 0.242 e. The predicted molar refractivity (Wildman–Crippen MR) is 83.2 cm³/mol. The van der Waals surface area contributed by atoms with E-state index in [1.54, 1.807) is 25.1 Å². The van der Waals surface area contributed by atoms with Crippen LogP contribution in [0, 0.1) is 5.92 Å². The summed E-state index contributed by atoms with van der Waals surface area (Å²) in [6.07, 6.45) is 0.799. The monoisotopic (exact) mass is 299 g/mol. The first-order valence-electron chi connectivity index (χ1n) is 6.97. The minimum atomic E-state index is -3.47.